The van der Waals surface area contributed by atoms with Gasteiger partial charge in [-0.2, -0.15) is 0 Å². The minimum Gasteiger partial charge on any atom is -0.289 e. The summed E-state index contributed by atoms with van der Waals surface area (Å²) in [4.78, 5) is 26.3. The van der Waals surface area contributed by atoms with E-state index in [1.807, 2.05) is 0 Å². The van der Waals surface area contributed by atoms with Gasteiger partial charge in [0.2, 0.25) is 0 Å². The molecule has 0 saturated heterocycles. The summed E-state index contributed by atoms with van der Waals surface area (Å²) in [6, 6.07) is 6.50. The van der Waals surface area contributed by atoms with Gasteiger partial charge in [0.1, 0.15) is 0 Å². The summed E-state index contributed by atoms with van der Waals surface area (Å²) in [5.41, 5.74) is 9.09. The third-order valence-electron chi connectivity index (χ3n) is 2.47. The van der Waals surface area contributed by atoms with E-state index in [9.17, 15) is 9.59 Å². The number of fused-ring (bicyclic) bond motifs is 1. The molecule has 16 heavy (non-hydrogen) atoms. The van der Waals surface area contributed by atoms with Gasteiger partial charge < -0.3 is 0 Å². The van der Waals surface area contributed by atoms with Gasteiger partial charge in [-0.15, -0.1) is 0 Å². The predicted octanol–water partition coefficient (Wildman–Crippen LogP) is 2.65. The Morgan fingerprint density at radius 2 is 1.69 bits per heavy atom. The molecule has 5 nitrogen and oxygen atoms in total. The Morgan fingerprint density at radius 3 is 2.25 bits per heavy atom. The van der Waals surface area contributed by atoms with E-state index >= 15 is 0 Å². The molecule has 0 aliphatic heterocycles. The maximum Gasteiger partial charge on any atom is 0.196 e. The molecule has 0 spiro atoms. The Hall–Kier alpha value is -2.39. The molecule has 1 aliphatic carbocycles. The highest BCUT2D eigenvalue weighted by Crippen LogP contribution is 2.26. The lowest BCUT2D eigenvalue weighted by atomic mass is 9.88. The Kier molecular flexibility index (Phi) is 2.31. The lowest BCUT2D eigenvalue weighted by Gasteiger charge is -2.15. The number of Topliss-reactive ketones (excluding diaryl/α,β-unsaturated/α-hetero) is 2. The van der Waals surface area contributed by atoms with Gasteiger partial charge in [-0.05, 0) is 12.5 Å². The molecule has 0 unspecified atom stereocenters. The summed E-state index contributed by atoms with van der Waals surface area (Å²) in [6.07, 6.45) is 0. The van der Waals surface area contributed by atoms with Crippen molar-refractivity contribution in [3.05, 3.63) is 57.1 Å². The number of ketones is 2. The second-order valence-electron chi connectivity index (χ2n) is 3.37. The highest BCUT2D eigenvalue weighted by Gasteiger charge is 2.28. The van der Waals surface area contributed by atoms with Crippen LogP contribution in [-0.4, -0.2) is 11.6 Å². The van der Waals surface area contributed by atoms with Gasteiger partial charge in [-0.1, -0.05) is 29.4 Å². The van der Waals surface area contributed by atoms with Crippen LogP contribution in [0.4, 0.5) is 0 Å². The molecular weight excluding hydrogens is 206 g/mol. The Labute approximate surface area is 91.0 Å². The molecule has 0 amide bonds. The van der Waals surface area contributed by atoms with Gasteiger partial charge in [0.15, 0.2) is 11.6 Å². The van der Waals surface area contributed by atoms with Crippen LogP contribution in [0.1, 0.15) is 27.6 Å². The summed E-state index contributed by atoms with van der Waals surface area (Å²) in [5.74, 6) is -0.664. The van der Waals surface area contributed by atoms with Crippen molar-refractivity contribution >= 4 is 11.6 Å². The molecule has 1 aromatic rings. The topological polar surface area (TPSA) is 82.9 Å². The molecule has 0 saturated carbocycles. The fourth-order valence-electron chi connectivity index (χ4n) is 1.65. The van der Waals surface area contributed by atoms with Crippen molar-refractivity contribution in [2.24, 2.45) is 5.11 Å². The van der Waals surface area contributed by atoms with E-state index in [2.05, 4.69) is 10.0 Å². The van der Waals surface area contributed by atoms with Gasteiger partial charge in [-0.25, -0.2) is 0 Å². The standard InChI is InChI=1S/C11H7N3O2/c1-6-9(13-14-12)11(16)8-5-3-2-4-7(8)10(6)15/h2-5H,1H3. The zero-order chi connectivity index (χ0) is 11.7. The first-order chi connectivity index (χ1) is 7.66. The Morgan fingerprint density at radius 1 is 1.12 bits per heavy atom. The van der Waals surface area contributed by atoms with Crippen LogP contribution < -0.4 is 0 Å². The summed E-state index contributed by atoms with van der Waals surface area (Å²) in [6.45, 7) is 1.49. The molecule has 0 bridgehead atoms. The van der Waals surface area contributed by atoms with E-state index in [0.29, 0.717) is 11.1 Å². The third kappa shape index (κ3) is 1.31. The van der Waals surface area contributed by atoms with E-state index in [1.165, 1.54) is 6.92 Å². The van der Waals surface area contributed by atoms with Crippen molar-refractivity contribution in [3.63, 3.8) is 0 Å². The lowest BCUT2D eigenvalue weighted by Crippen LogP contribution is -2.19. The number of allylic oxidation sites excluding steroid dienone is 2. The molecule has 0 heterocycles. The fraction of sp³-hybridized carbons (Fsp3) is 0.0909. The number of nitrogens with zero attached hydrogens (tertiary/aromatic N) is 3. The van der Waals surface area contributed by atoms with Crippen molar-refractivity contribution in [3.8, 4) is 0 Å². The van der Waals surface area contributed by atoms with E-state index in [-0.39, 0.29) is 17.1 Å². The summed E-state index contributed by atoms with van der Waals surface area (Å²) < 4.78 is 0. The van der Waals surface area contributed by atoms with Crippen molar-refractivity contribution in [2.45, 2.75) is 6.92 Å². The number of benzene rings is 1. The lowest BCUT2D eigenvalue weighted by molar-refractivity contribution is 0.0973. The van der Waals surface area contributed by atoms with E-state index in [4.69, 9.17) is 5.53 Å². The average molecular weight is 213 g/mol. The predicted molar refractivity (Wildman–Crippen MR) is 56.9 cm³/mol. The molecule has 5 heteroatoms. The van der Waals surface area contributed by atoms with Gasteiger partial charge in [0.05, 0.1) is 5.70 Å². The minimum atomic E-state index is -0.398. The third-order valence-corrected chi connectivity index (χ3v) is 2.47. The number of carbonyl (C=O) groups excluding carboxylic acids is 2. The number of rotatable bonds is 1. The van der Waals surface area contributed by atoms with Gasteiger partial charge in [-0.3, -0.25) is 9.59 Å². The molecule has 0 aromatic heterocycles. The maximum atomic E-state index is 11.9. The number of azide groups is 1. The van der Waals surface area contributed by atoms with E-state index < -0.39 is 5.78 Å². The first-order valence-electron chi connectivity index (χ1n) is 4.61. The second-order valence-corrected chi connectivity index (χ2v) is 3.37. The summed E-state index contributed by atoms with van der Waals surface area (Å²) in [7, 11) is 0. The Bertz CT molecular complexity index is 581. The fourth-order valence-corrected chi connectivity index (χ4v) is 1.65. The zero-order valence-electron chi connectivity index (χ0n) is 8.47. The van der Waals surface area contributed by atoms with Crippen LogP contribution in [0.3, 0.4) is 0 Å². The number of hydrogen-bond donors (Lipinski definition) is 0. The minimum absolute atomic E-state index is 0.105. The highest BCUT2D eigenvalue weighted by atomic mass is 16.1. The average Bonchev–Trinajstić information content (AvgIpc) is 2.32. The number of carbonyl (C=O) groups is 2. The molecule has 0 atom stereocenters. The normalized spacial score (nSPS) is 14.6. The van der Waals surface area contributed by atoms with Gasteiger partial charge in [0, 0.05) is 21.6 Å². The highest BCUT2D eigenvalue weighted by molar-refractivity contribution is 6.26. The molecule has 1 aromatic carbocycles. The zero-order valence-corrected chi connectivity index (χ0v) is 8.47. The molecule has 0 N–H and O–H groups in total. The molecule has 78 valence electrons. The maximum absolute atomic E-state index is 11.9. The molecule has 0 radical (unpaired) electrons. The first-order valence-corrected chi connectivity index (χ1v) is 4.61. The van der Waals surface area contributed by atoms with Crippen LogP contribution >= 0.6 is 0 Å². The van der Waals surface area contributed by atoms with Gasteiger partial charge >= 0.3 is 0 Å². The van der Waals surface area contributed by atoms with Crippen molar-refractivity contribution in [2.75, 3.05) is 0 Å². The molecule has 2 rings (SSSR count). The van der Waals surface area contributed by atoms with Crippen LogP contribution in [0.2, 0.25) is 0 Å². The molecule has 1 aliphatic rings. The molecule has 0 fully saturated rings. The van der Waals surface area contributed by atoms with E-state index in [1.54, 1.807) is 24.3 Å². The second kappa shape index (κ2) is 3.64. The monoisotopic (exact) mass is 213 g/mol. The van der Waals surface area contributed by atoms with Crippen LogP contribution in [0.15, 0.2) is 40.6 Å². The van der Waals surface area contributed by atoms with Crippen LogP contribution in [-0.2, 0) is 0 Å². The largest absolute Gasteiger partial charge is 0.289 e. The first kappa shape index (κ1) is 10.1. The van der Waals surface area contributed by atoms with Crippen LogP contribution in [0, 0.1) is 0 Å². The quantitative estimate of drug-likeness (QED) is 0.408. The summed E-state index contributed by atoms with van der Waals surface area (Å²) in [5, 5.41) is 3.28. The SMILES string of the molecule is CC1=C(N=[N+]=[N-])C(=O)c2ccccc2C1=O. The summed E-state index contributed by atoms with van der Waals surface area (Å²) >= 11 is 0. The van der Waals surface area contributed by atoms with Gasteiger partial charge in [0.25, 0.3) is 0 Å². The van der Waals surface area contributed by atoms with Crippen LogP contribution in [0.25, 0.3) is 10.4 Å². The van der Waals surface area contributed by atoms with E-state index in [0.717, 1.165) is 0 Å². The smallest absolute Gasteiger partial charge is 0.196 e. The van der Waals surface area contributed by atoms with Crippen molar-refractivity contribution in [1.82, 2.24) is 0 Å². The van der Waals surface area contributed by atoms with Crippen molar-refractivity contribution in [1.29, 1.82) is 0 Å². The van der Waals surface area contributed by atoms with Crippen molar-refractivity contribution < 1.29 is 9.59 Å². The molecular formula is C11H7N3O2. The Balaban J connectivity index is 2.72. The van der Waals surface area contributed by atoms with Crippen LogP contribution in [0.5, 0.6) is 0 Å². The number of hydrogen-bond acceptors (Lipinski definition) is 3.